The molecule has 0 bridgehead atoms. The summed E-state index contributed by atoms with van der Waals surface area (Å²) in [5.41, 5.74) is 4.10. The van der Waals surface area contributed by atoms with Gasteiger partial charge in [-0.2, -0.15) is 0 Å². The van der Waals surface area contributed by atoms with Crippen LogP contribution in [0.3, 0.4) is 0 Å². The molecule has 1 fully saturated rings. The quantitative estimate of drug-likeness (QED) is 0.558. The molecule has 1 unspecified atom stereocenters. The number of amides is 1. The first kappa shape index (κ1) is 21.9. The Kier molecular flexibility index (Phi) is 7.07. The predicted molar refractivity (Wildman–Crippen MR) is 128 cm³/mol. The third-order valence-corrected chi connectivity index (χ3v) is 6.00. The summed E-state index contributed by atoms with van der Waals surface area (Å²) in [6.45, 7) is 2.58. The number of nitrogens with zero attached hydrogens (tertiary/aromatic N) is 1. The van der Waals surface area contributed by atoms with Crippen molar-refractivity contribution in [2.24, 2.45) is 5.92 Å². The number of nitrogens with one attached hydrogen (secondary N) is 1. The van der Waals surface area contributed by atoms with Gasteiger partial charge in [-0.15, -0.1) is 0 Å². The van der Waals surface area contributed by atoms with Crippen molar-refractivity contribution in [3.8, 4) is 22.6 Å². The van der Waals surface area contributed by atoms with Crippen LogP contribution in [0, 0.1) is 5.92 Å². The minimum Gasteiger partial charge on any atom is -0.497 e. The van der Waals surface area contributed by atoms with Crippen LogP contribution in [0.25, 0.3) is 11.1 Å². The lowest BCUT2D eigenvalue weighted by atomic mass is 9.96. The van der Waals surface area contributed by atoms with E-state index in [1.165, 1.54) is 5.56 Å². The highest BCUT2D eigenvalue weighted by Gasteiger charge is 2.26. The summed E-state index contributed by atoms with van der Waals surface area (Å²) in [5.74, 6) is 1.73. The Morgan fingerprint density at radius 3 is 2.53 bits per heavy atom. The molecular weight excluding hydrogens is 400 g/mol. The molecule has 166 valence electrons. The molecule has 5 nitrogen and oxygen atoms in total. The first-order chi connectivity index (χ1) is 15.7. The molecule has 1 aliphatic rings. The third-order valence-electron chi connectivity index (χ3n) is 6.00. The number of anilines is 1. The summed E-state index contributed by atoms with van der Waals surface area (Å²) in [6, 6.07) is 24.0. The Morgan fingerprint density at radius 1 is 0.969 bits per heavy atom. The number of ether oxygens (including phenoxy) is 2. The summed E-state index contributed by atoms with van der Waals surface area (Å²) in [5, 5.41) is 3.19. The molecular formula is C27H30N2O3. The summed E-state index contributed by atoms with van der Waals surface area (Å²) < 4.78 is 10.6. The molecule has 3 aromatic carbocycles. The van der Waals surface area contributed by atoms with Crippen molar-refractivity contribution in [2.75, 3.05) is 32.6 Å². The molecule has 1 aliphatic heterocycles. The summed E-state index contributed by atoms with van der Waals surface area (Å²) in [6.07, 6.45) is 1.92. The van der Waals surface area contributed by atoms with Crippen LogP contribution in [0.2, 0.25) is 0 Å². The molecule has 3 aromatic rings. The fourth-order valence-corrected chi connectivity index (χ4v) is 4.29. The maximum atomic E-state index is 13.2. The summed E-state index contributed by atoms with van der Waals surface area (Å²) >= 11 is 0. The van der Waals surface area contributed by atoms with Gasteiger partial charge in [0.15, 0.2) is 0 Å². The Balaban J connectivity index is 1.43. The summed E-state index contributed by atoms with van der Waals surface area (Å²) in [7, 11) is 3.34. The number of carbonyl (C=O) groups excluding carboxylic acids is 1. The maximum Gasteiger partial charge on any atom is 0.228 e. The molecule has 0 saturated carbocycles. The van der Waals surface area contributed by atoms with Gasteiger partial charge in [-0.3, -0.25) is 9.69 Å². The zero-order valence-electron chi connectivity index (χ0n) is 18.7. The molecule has 4 rings (SSSR count). The summed E-state index contributed by atoms with van der Waals surface area (Å²) in [4.78, 5) is 15.5. The first-order valence-corrected chi connectivity index (χ1v) is 11.1. The lowest BCUT2D eigenvalue weighted by Crippen LogP contribution is -2.40. The van der Waals surface area contributed by atoms with Crippen LogP contribution in [0.15, 0.2) is 72.8 Å². The number of carbonyl (C=O) groups is 1. The Bertz CT molecular complexity index is 1050. The van der Waals surface area contributed by atoms with E-state index in [9.17, 15) is 4.79 Å². The molecule has 0 radical (unpaired) electrons. The Hall–Kier alpha value is -3.31. The highest BCUT2D eigenvalue weighted by Crippen LogP contribution is 2.30. The van der Waals surface area contributed by atoms with Crippen LogP contribution in [-0.2, 0) is 11.3 Å². The molecule has 0 aliphatic carbocycles. The highest BCUT2D eigenvalue weighted by molar-refractivity contribution is 5.97. The van der Waals surface area contributed by atoms with Gasteiger partial charge in [0.05, 0.1) is 20.1 Å². The van der Waals surface area contributed by atoms with Crippen LogP contribution in [-0.4, -0.2) is 38.1 Å². The largest absolute Gasteiger partial charge is 0.497 e. The van der Waals surface area contributed by atoms with Crippen LogP contribution < -0.4 is 14.8 Å². The predicted octanol–water partition coefficient (Wildman–Crippen LogP) is 5.22. The highest BCUT2D eigenvalue weighted by atomic mass is 16.5. The number of likely N-dealkylation sites (tertiary alicyclic amines) is 1. The first-order valence-electron chi connectivity index (χ1n) is 11.1. The molecule has 1 heterocycles. The molecule has 5 heteroatoms. The zero-order chi connectivity index (χ0) is 22.3. The van der Waals surface area contributed by atoms with E-state index in [4.69, 9.17) is 9.47 Å². The van der Waals surface area contributed by atoms with E-state index in [2.05, 4.69) is 22.3 Å². The minimum atomic E-state index is -0.0294. The average molecular weight is 431 g/mol. The van der Waals surface area contributed by atoms with Crippen molar-refractivity contribution >= 4 is 11.6 Å². The number of hydrogen-bond acceptors (Lipinski definition) is 4. The molecule has 1 atom stereocenters. The number of para-hydroxylation sites is 1. The van der Waals surface area contributed by atoms with E-state index in [1.54, 1.807) is 14.2 Å². The Labute approximate surface area is 190 Å². The number of piperidine rings is 1. The lowest BCUT2D eigenvalue weighted by molar-refractivity contribution is -0.121. The monoisotopic (exact) mass is 430 g/mol. The van der Waals surface area contributed by atoms with Crippen LogP contribution in [0.5, 0.6) is 11.5 Å². The van der Waals surface area contributed by atoms with E-state index < -0.39 is 0 Å². The fraction of sp³-hybridized carbons (Fsp3) is 0.296. The third kappa shape index (κ3) is 5.29. The van der Waals surface area contributed by atoms with Crippen molar-refractivity contribution < 1.29 is 14.3 Å². The van der Waals surface area contributed by atoms with E-state index in [0.717, 1.165) is 60.8 Å². The van der Waals surface area contributed by atoms with Gasteiger partial charge < -0.3 is 14.8 Å². The van der Waals surface area contributed by atoms with Crippen molar-refractivity contribution in [2.45, 2.75) is 19.4 Å². The van der Waals surface area contributed by atoms with E-state index in [0.29, 0.717) is 0 Å². The molecule has 1 saturated heterocycles. The number of benzene rings is 3. The minimum absolute atomic E-state index is 0.0294. The van der Waals surface area contributed by atoms with E-state index >= 15 is 0 Å². The van der Waals surface area contributed by atoms with Crippen molar-refractivity contribution in [1.29, 1.82) is 0 Å². The molecule has 0 spiro atoms. The second-order valence-corrected chi connectivity index (χ2v) is 8.19. The van der Waals surface area contributed by atoms with Gasteiger partial charge >= 0.3 is 0 Å². The topological polar surface area (TPSA) is 50.8 Å². The lowest BCUT2D eigenvalue weighted by Gasteiger charge is -2.32. The van der Waals surface area contributed by atoms with Gasteiger partial charge in [0.25, 0.3) is 0 Å². The van der Waals surface area contributed by atoms with Crippen molar-refractivity contribution in [3.05, 3.63) is 78.4 Å². The van der Waals surface area contributed by atoms with Gasteiger partial charge in [0, 0.05) is 24.3 Å². The SMILES string of the molecule is COc1ccc(-c2ccccc2NC(=O)C2CCCN(Cc3cccc(OC)c3)C2)cc1. The van der Waals surface area contributed by atoms with Gasteiger partial charge in [0.2, 0.25) is 5.91 Å². The molecule has 1 N–H and O–H groups in total. The van der Waals surface area contributed by atoms with Gasteiger partial charge in [-0.05, 0) is 60.8 Å². The second kappa shape index (κ2) is 10.3. The van der Waals surface area contributed by atoms with Crippen molar-refractivity contribution in [3.63, 3.8) is 0 Å². The standard InChI is InChI=1S/C27H30N2O3/c1-31-23-14-12-21(13-15-23)25-10-3-4-11-26(25)28-27(30)22-8-6-16-29(19-22)18-20-7-5-9-24(17-20)32-2/h3-5,7,9-15,17,22H,6,8,16,18-19H2,1-2H3,(H,28,30). The second-order valence-electron chi connectivity index (χ2n) is 8.19. The molecule has 32 heavy (non-hydrogen) atoms. The van der Waals surface area contributed by atoms with E-state index in [1.807, 2.05) is 60.7 Å². The van der Waals surface area contributed by atoms with Crippen LogP contribution >= 0.6 is 0 Å². The van der Waals surface area contributed by atoms with Crippen LogP contribution in [0.4, 0.5) is 5.69 Å². The average Bonchev–Trinajstić information content (AvgIpc) is 2.85. The smallest absolute Gasteiger partial charge is 0.228 e. The van der Waals surface area contributed by atoms with Crippen LogP contribution in [0.1, 0.15) is 18.4 Å². The number of methoxy groups -OCH3 is 2. The van der Waals surface area contributed by atoms with Gasteiger partial charge in [-0.1, -0.05) is 42.5 Å². The normalized spacial score (nSPS) is 16.4. The van der Waals surface area contributed by atoms with Gasteiger partial charge in [-0.25, -0.2) is 0 Å². The number of rotatable bonds is 7. The maximum absolute atomic E-state index is 13.2. The molecule has 0 aromatic heterocycles. The number of hydrogen-bond donors (Lipinski definition) is 1. The Morgan fingerprint density at radius 2 is 1.75 bits per heavy atom. The van der Waals surface area contributed by atoms with E-state index in [-0.39, 0.29) is 11.8 Å². The fourth-order valence-electron chi connectivity index (χ4n) is 4.29. The molecule has 1 amide bonds. The zero-order valence-corrected chi connectivity index (χ0v) is 18.7. The van der Waals surface area contributed by atoms with Gasteiger partial charge in [0.1, 0.15) is 11.5 Å². The van der Waals surface area contributed by atoms with Crippen molar-refractivity contribution in [1.82, 2.24) is 4.90 Å².